The molecule has 0 bridgehead atoms. The molecule has 3 heterocycles. The SMILES string of the molecule is C/C=C/Cn1c(N2CCCN(CCC3(c4ccc(Cl)cc4)CCN(C(=O)c4cc(OC)c(OC)c(OC)c4)C3)CC2)nc2ccccc21. The highest BCUT2D eigenvalue weighted by Gasteiger charge is 2.42. The third-order valence-corrected chi connectivity index (χ3v) is 10.2. The lowest BCUT2D eigenvalue weighted by Crippen LogP contribution is -2.39. The Labute approximate surface area is 288 Å². The van der Waals surface area contributed by atoms with Crippen molar-refractivity contribution >= 4 is 34.5 Å². The molecule has 2 saturated heterocycles. The first kappa shape index (κ1) is 33.7. The first-order valence-corrected chi connectivity index (χ1v) is 17.2. The molecule has 10 heteroatoms. The van der Waals surface area contributed by atoms with Crippen LogP contribution in [0.4, 0.5) is 5.95 Å². The number of carbonyl (C=O) groups excluding carboxylic acids is 1. The molecule has 6 rings (SSSR count). The summed E-state index contributed by atoms with van der Waals surface area (Å²) in [6, 6.07) is 20.1. The van der Waals surface area contributed by atoms with E-state index in [2.05, 4.69) is 69.8 Å². The van der Waals surface area contributed by atoms with Crippen LogP contribution in [0.3, 0.4) is 0 Å². The Kier molecular flexibility index (Phi) is 10.5. The molecule has 2 aliphatic heterocycles. The van der Waals surface area contributed by atoms with Crippen molar-refractivity contribution in [3.63, 3.8) is 0 Å². The lowest BCUT2D eigenvalue weighted by Gasteiger charge is -2.33. The molecule has 0 N–H and O–H groups in total. The zero-order chi connectivity index (χ0) is 33.7. The van der Waals surface area contributed by atoms with Crippen molar-refractivity contribution in [2.75, 3.05) is 72.0 Å². The van der Waals surface area contributed by atoms with Crippen molar-refractivity contribution < 1.29 is 19.0 Å². The van der Waals surface area contributed by atoms with Crippen LogP contribution in [0.15, 0.2) is 72.8 Å². The lowest BCUT2D eigenvalue weighted by molar-refractivity contribution is 0.0780. The number of nitrogens with zero attached hydrogens (tertiary/aromatic N) is 5. The Balaban J connectivity index is 1.19. The Morgan fingerprint density at radius 2 is 1.69 bits per heavy atom. The van der Waals surface area contributed by atoms with Gasteiger partial charge in [0.1, 0.15) is 0 Å². The molecule has 4 aromatic rings. The maximum atomic E-state index is 14.0. The van der Waals surface area contributed by atoms with Crippen LogP contribution < -0.4 is 19.1 Å². The Morgan fingerprint density at radius 3 is 2.40 bits per heavy atom. The maximum Gasteiger partial charge on any atom is 0.254 e. The number of aromatic nitrogens is 2. The van der Waals surface area contributed by atoms with Crippen LogP contribution in [-0.2, 0) is 12.0 Å². The highest BCUT2D eigenvalue weighted by Crippen LogP contribution is 2.42. The minimum absolute atomic E-state index is 0.0451. The van der Waals surface area contributed by atoms with Gasteiger partial charge in [-0.15, -0.1) is 0 Å². The normalized spacial score (nSPS) is 18.9. The van der Waals surface area contributed by atoms with E-state index in [9.17, 15) is 4.79 Å². The number of imidazole rings is 1. The number of carbonyl (C=O) groups is 1. The standard InChI is InChI=1S/C38H46ClN5O4/c1-5-6-20-44-32-11-8-7-10-31(32)40-37(44)42-19-9-18-41(23-24-42)21-16-38(29-12-14-30(39)15-13-29)17-22-43(27-38)36(45)28-25-33(46-2)35(48-4)34(26-28)47-3/h5-8,10-15,25-26H,9,16-24,27H2,1-4H3/b6-5+. The van der Waals surface area contributed by atoms with E-state index in [-0.39, 0.29) is 11.3 Å². The van der Waals surface area contributed by atoms with Gasteiger partial charge in [0, 0.05) is 55.3 Å². The number of rotatable bonds is 11. The number of para-hydroxylation sites is 2. The molecule has 0 radical (unpaired) electrons. The molecule has 3 aromatic carbocycles. The van der Waals surface area contributed by atoms with Gasteiger partial charge in [-0.25, -0.2) is 4.98 Å². The first-order chi connectivity index (χ1) is 23.4. The predicted molar refractivity (Wildman–Crippen MR) is 192 cm³/mol. The van der Waals surface area contributed by atoms with Gasteiger partial charge in [-0.05, 0) is 81.2 Å². The van der Waals surface area contributed by atoms with Crippen LogP contribution in [-0.4, -0.2) is 92.4 Å². The lowest BCUT2D eigenvalue weighted by atomic mass is 9.76. The molecule has 48 heavy (non-hydrogen) atoms. The smallest absolute Gasteiger partial charge is 0.254 e. The molecular formula is C38H46ClN5O4. The Hall–Kier alpha value is -4.21. The van der Waals surface area contributed by atoms with Crippen LogP contribution >= 0.6 is 11.6 Å². The summed E-state index contributed by atoms with van der Waals surface area (Å²) in [5.74, 6) is 2.41. The Morgan fingerprint density at radius 1 is 0.938 bits per heavy atom. The zero-order valence-electron chi connectivity index (χ0n) is 28.5. The largest absolute Gasteiger partial charge is 0.493 e. The Bertz CT molecular complexity index is 1730. The number of amides is 1. The van der Waals surface area contributed by atoms with E-state index in [4.69, 9.17) is 30.8 Å². The number of anilines is 1. The number of halogens is 1. The van der Waals surface area contributed by atoms with Gasteiger partial charge in [0.2, 0.25) is 11.7 Å². The summed E-state index contributed by atoms with van der Waals surface area (Å²) in [5.41, 5.74) is 3.76. The molecule has 1 unspecified atom stereocenters. The van der Waals surface area contributed by atoms with Gasteiger partial charge < -0.3 is 33.5 Å². The van der Waals surface area contributed by atoms with Crippen molar-refractivity contribution in [3.8, 4) is 17.2 Å². The molecule has 2 aliphatic rings. The van der Waals surface area contributed by atoms with Gasteiger partial charge in [0.25, 0.3) is 5.91 Å². The van der Waals surface area contributed by atoms with Gasteiger partial charge in [-0.2, -0.15) is 0 Å². The molecule has 2 fully saturated rings. The summed E-state index contributed by atoms with van der Waals surface area (Å²) in [4.78, 5) is 26.0. The van der Waals surface area contributed by atoms with Gasteiger partial charge in [-0.1, -0.05) is 48.0 Å². The average Bonchev–Trinajstić information content (AvgIpc) is 3.64. The molecule has 254 valence electrons. The minimum Gasteiger partial charge on any atom is -0.493 e. The van der Waals surface area contributed by atoms with E-state index in [1.807, 2.05) is 17.0 Å². The number of allylic oxidation sites excluding steroid dienone is 2. The number of likely N-dealkylation sites (tertiary alicyclic amines) is 1. The number of fused-ring (bicyclic) bond motifs is 1. The summed E-state index contributed by atoms with van der Waals surface area (Å²) >= 11 is 6.33. The van der Waals surface area contributed by atoms with E-state index in [1.54, 1.807) is 33.5 Å². The third kappa shape index (κ3) is 6.84. The number of hydrogen-bond acceptors (Lipinski definition) is 7. The van der Waals surface area contributed by atoms with Gasteiger partial charge in [-0.3, -0.25) is 4.79 Å². The first-order valence-electron chi connectivity index (χ1n) is 16.8. The second-order valence-corrected chi connectivity index (χ2v) is 13.1. The summed E-state index contributed by atoms with van der Waals surface area (Å²) < 4.78 is 18.9. The van der Waals surface area contributed by atoms with Crippen molar-refractivity contribution in [2.45, 2.75) is 38.1 Å². The van der Waals surface area contributed by atoms with Gasteiger partial charge in [0.05, 0.1) is 32.4 Å². The number of ether oxygens (including phenoxy) is 3. The van der Waals surface area contributed by atoms with Gasteiger partial charge >= 0.3 is 0 Å². The van der Waals surface area contributed by atoms with Crippen LogP contribution in [0.25, 0.3) is 11.0 Å². The fraction of sp³-hybridized carbons (Fsp3) is 0.421. The zero-order valence-corrected chi connectivity index (χ0v) is 29.2. The van der Waals surface area contributed by atoms with E-state index in [0.717, 1.165) is 70.0 Å². The van der Waals surface area contributed by atoms with E-state index >= 15 is 0 Å². The monoisotopic (exact) mass is 671 g/mol. The maximum absolute atomic E-state index is 14.0. The molecule has 0 saturated carbocycles. The molecule has 1 aromatic heterocycles. The van der Waals surface area contributed by atoms with Crippen LogP contribution in [0.1, 0.15) is 42.1 Å². The number of hydrogen-bond donors (Lipinski definition) is 0. The topological polar surface area (TPSA) is 72.3 Å². The fourth-order valence-corrected chi connectivity index (χ4v) is 7.41. The van der Waals surface area contributed by atoms with E-state index in [1.165, 1.54) is 11.1 Å². The highest BCUT2D eigenvalue weighted by atomic mass is 35.5. The average molecular weight is 672 g/mol. The molecule has 1 atom stereocenters. The number of methoxy groups -OCH3 is 3. The van der Waals surface area contributed by atoms with Crippen molar-refractivity contribution in [2.24, 2.45) is 0 Å². The molecular weight excluding hydrogens is 626 g/mol. The molecule has 1 amide bonds. The molecule has 0 spiro atoms. The third-order valence-electron chi connectivity index (χ3n) is 9.95. The van der Waals surface area contributed by atoms with E-state index < -0.39 is 0 Å². The van der Waals surface area contributed by atoms with Crippen molar-refractivity contribution in [3.05, 3.63) is 89.0 Å². The molecule has 9 nitrogen and oxygen atoms in total. The minimum atomic E-state index is -0.187. The number of benzene rings is 3. The van der Waals surface area contributed by atoms with Crippen LogP contribution in [0.5, 0.6) is 17.2 Å². The molecule has 0 aliphatic carbocycles. The highest BCUT2D eigenvalue weighted by molar-refractivity contribution is 6.30. The fourth-order valence-electron chi connectivity index (χ4n) is 7.28. The summed E-state index contributed by atoms with van der Waals surface area (Å²) in [7, 11) is 4.69. The van der Waals surface area contributed by atoms with Crippen molar-refractivity contribution in [1.82, 2.24) is 19.4 Å². The summed E-state index contributed by atoms with van der Waals surface area (Å²) in [6.45, 7) is 8.96. The van der Waals surface area contributed by atoms with Crippen LogP contribution in [0, 0.1) is 0 Å². The summed E-state index contributed by atoms with van der Waals surface area (Å²) in [6.07, 6.45) is 7.16. The predicted octanol–water partition coefficient (Wildman–Crippen LogP) is 6.68. The van der Waals surface area contributed by atoms with Gasteiger partial charge in [0.15, 0.2) is 11.5 Å². The summed E-state index contributed by atoms with van der Waals surface area (Å²) in [5, 5.41) is 0.713. The second kappa shape index (κ2) is 14.9. The van der Waals surface area contributed by atoms with Crippen LogP contribution in [0.2, 0.25) is 5.02 Å². The van der Waals surface area contributed by atoms with E-state index in [0.29, 0.717) is 40.9 Å². The van der Waals surface area contributed by atoms with Crippen molar-refractivity contribution in [1.29, 1.82) is 0 Å². The quantitative estimate of drug-likeness (QED) is 0.165. The second-order valence-electron chi connectivity index (χ2n) is 12.7.